The van der Waals surface area contributed by atoms with Crippen molar-refractivity contribution in [2.24, 2.45) is 5.92 Å². The van der Waals surface area contributed by atoms with E-state index in [0.29, 0.717) is 29.6 Å². The minimum Gasteiger partial charge on any atom is -0.392 e. The highest BCUT2D eigenvalue weighted by molar-refractivity contribution is 5.98. The number of carbonyl (C=O) groups excluding carboxylic acids is 2. The fourth-order valence-corrected chi connectivity index (χ4v) is 6.76. The summed E-state index contributed by atoms with van der Waals surface area (Å²) in [5.74, 6) is -2.63. The van der Waals surface area contributed by atoms with Crippen LogP contribution in [0.2, 0.25) is 0 Å². The molecule has 0 aromatic heterocycles. The van der Waals surface area contributed by atoms with E-state index in [0.717, 1.165) is 36.1 Å². The van der Waals surface area contributed by atoms with Gasteiger partial charge in [0.1, 0.15) is 6.04 Å². The number of nitrogens with one attached hydrogen (secondary N) is 1. The summed E-state index contributed by atoms with van der Waals surface area (Å²) >= 11 is 0. The summed E-state index contributed by atoms with van der Waals surface area (Å²) < 4.78 is 52.3. The number of hydrogen-bond acceptors (Lipinski definition) is 6. The largest absolute Gasteiger partial charge is 0.471 e. The van der Waals surface area contributed by atoms with E-state index < -0.39 is 30.3 Å². The van der Waals surface area contributed by atoms with Crippen molar-refractivity contribution < 1.29 is 37.3 Å². The molecule has 0 radical (unpaired) electrons. The van der Waals surface area contributed by atoms with Gasteiger partial charge in [-0.1, -0.05) is 62.2 Å². The molecule has 3 aliphatic rings. The number of hydrogen-bond donors (Lipinski definition) is 2. The number of aliphatic hydroxyl groups excluding tert-OH is 1. The summed E-state index contributed by atoms with van der Waals surface area (Å²) in [5.41, 5.74) is 2.91. The number of aliphatic hydroxyl groups is 1. The lowest BCUT2D eigenvalue weighted by atomic mass is 9.89. The number of anilines is 1. The fraction of sp³-hybridized carbons (Fsp3) is 0.529. The molecule has 5 rings (SSSR count). The lowest BCUT2D eigenvalue weighted by Crippen LogP contribution is -2.48. The summed E-state index contributed by atoms with van der Waals surface area (Å²) in [6, 6.07) is 13.9. The minimum absolute atomic E-state index is 0.0160. The molecule has 1 saturated carbocycles. The molecule has 2 aromatic carbocycles. The molecule has 2 amide bonds. The number of halogens is 3. The quantitative estimate of drug-likeness (QED) is 0.319. The van der Waals surface area contributed by atoms with E-state index in [4.69, 9.17) is 9.47 Å². The van der Waals surface area contributed by atoms with Gasteiger partial charge in [0, 0.05) is 42.8 Å². The van der Waals surface area contributed by atoms with Crippen LogP contribution in [0, 0.1) is 5.92 Å². The van der Waals surface area contributed by atoms with E-state index in [1.165, 1.54) is 12.8 Å². The van der Waals surface area contributed by atoms with Crippen LogP contribution in [-0.4, -0.2) is 70.7 Å². The van der Waals surface area contributed by atoms with Crippen molar-refractivity contribution >= 4 is 17.5 Å². The van der Waals surface area contributed by atoms with Crippen molar-refractivity contribution in [2.45, 2.75) is 88.8 Å². The van der Waals surface area contributed by atoms with Crippen LogP contribution in [0.4, 0.5) is 18.9 Å². The third kappa shape index (κ3) is 7.77. The normalized spacial score (nSPS) is 25.9. The molecular weight excluding hydrogens is 587 g/mol. The Morgan fingerprint density at radius 3 is 2.31 bits per heavy atom. The maximum absolute atomic E-state index is 13.0. The van der Waals surface area contributed by atoms with E-state index in [2.05, 4.69) is 23.7 Å². The van der Waals surface area contributed by atoms with Crippen LogP contribution in [0.15, 0.2) is 61.2 Å². The summed E-state index contributed by atoms with van der Waals surface area (Å²) in [4.78, 5) is 27.7. The van der Waals surface area contributed by atoms with Gasteiger partial charge in [-0.05, 0) is 48.9 Å². The molecule has 0 spiro atoms. The molecular formula is C34H42F3N3O5. The Morgan fingerprint density at radius 2 is 1.69 bits per heavy atom. The average Bonchev–Trinajstić information content (AvgIpc) is 3.75. The highest BCUT2D eigenvalue weighted by atomic mass is 19.4. The van der Waals surface area contributed by atoms with Crippen molar-refractivity contribution in [3.8, 4) is 0 Å². The predicted molar refractivity (Wildman–Crippen MR) is 163 cm³/mol. The van der Waals surface area contributed by atoms with Gasteiger partial charge in [-0.2, -0.15) is 13.2 Å². The zero-order valence-corrected chi connectivity index (χ0v) is 25.5. The first kappa shape index (κ1) is 33.1. The lowest BCUT2D eigenvalue weighted by Gasteiger charge is -2.43. The number of likely N-dealkylation sites (tertiary alicyclic amines) is 1. The van der Waals surface area contributed by atoms with Crippen LogP contribution in [-0.2, 0) is 25.7 Å². The zero-order valence-electron chi connectivity index (χ0n) is 25.5. The van der Waals surface area contributed by atoms with Crippen LogP contribution in [0.3, 0.4) is 0 Å². The lowest BCUT2D eigenvalue weighted by molar-refractivity contribution is -0.276. The van der Waals surface area contributed by atoms with Gasteiger partial charge in [-0.25, -0.2) is 0 Å². The summed E-state index contributed by atoms with van der Waals surface area (Å²) in [7, 11) is 0. The van der Waals surface area contributed by atoms with Gasteiger partial charge in [-0.3, -0.25) is 14.5 Å². The van der Waals surface area contributed by atoms with Crippen LogP contribution >= 0.6 is 0 Å². The smallest absolute Gasteiger partial charge is 0.392 e. The molecule has 0 bridgehead atoms. The van der Waals surface area contributed by atoms with E-state index in [1.807, 2.05) is 30.3 Å². The number of carbonyl (C=O) groups is 2. The van der Waals surface area contributed by atoms with Gasteiger partial charge >= 0.3 is 12.1 Å². The van der Waals surface area contributed by atoms with Crippen molar-refractivity contribution in [1.82, 2.24) is 9.80 Å². The minimum atomic E-state index is -5.03. The predicted octanol–water partition coefficient (Wildman–Crippen LogP) is 5.89. The number of ether oxygens (including phenoxy) is 2. The molecule has 3 fully saturated rings. The highest BCUT2D eigenvalue weighted by Crippen LogP contribution is 2.42. The van der Waals surface area contributed by atoms with Gasteiger partial charge < -0.3 is 24.8 Å². The molecule has 2 heterocycles. The Kier molecular flexibility index (Phi) is 10.6. The maximum atomic E-state index is 13.0. The monoisotopic (exact) mass is 629 g/mol. The number of nitrogens with zero attached hydrogens (tertiary/aromatic N) is 2. The van der Waals surface area contributed by atoms with Crippen molar-refractivity contribution in [3.63, 3.8) is 0 Å². The molecule has 2 N–H and O–H groups in total. The summed E-state index contributed by atoms with van der Waals surface area (Å²) in [5, 5.41) is 12.2. The summed E-state index contributed by atoms with van der Waals surface area (Å²) in [6.07, 6.45) is 0.969. The SMILES string of the molecule is C=CCN(CC1OC(c2ccc(NC(=O)C3CCCN3C(=O)C(F)(F)F)cc2)OC(c2ccc(CO)cc2)C1C)C1CCCC1. The molecule has 1 aliphatic carbocycles. The van der Waals surface area contributed by atoms with E-state index >= 15 is 0 Å². The number of rotatable bonds is 10. The first-order valence-corrected chi connectivity index (χ1v) is 15.7. The van der Waals surface area contributed by atoms with Gasteiger partial charge in [0.15, 0.2) is 6.29 Å². The Hall–Kier alpha value is -3.25. The molecule has 244 valence electrons. The van der Waals surface area contributed by atoms with Crippen LogP contribution < -0.4 is 5.32 Å². The van der Waals surface area contributed by atoms with Crippen molar-refractivity contribution in [3.05, 3.63) is 77.9 Å². The molecule has 8 nitrogen and oxygen atoms in total. The highest BCUT2D eigenvalue weighted by Gasteiger charge is 2.47. The second-order valence-corrected chi connectivity index (χ2v) is 12.3. The third-order valence-corrected chi connectivity index (χ3v) is 9.25. The van der Waals surface area contributed by atoms with Crippen molar-refractivity contribution in [2.75, 3.05) is 25.0 Å². The van der Waals surface area contributed by atoms with Gasteiger partial charge in [0.05, 0.1) is 18.8 Å². The Morgan fingerprint density at radius 1 is 1.02 bits per heavy atom. The first-order chi connectivity index (χ1) is 21.6. The molecule has 2 aliphatic heterocycles. The Bertz CT molecular complexity index is 1310. The van der Waals surface area contributed by atoms with Gasteiger partial charge in [-0.15, -0.1) is 6.58 Å². The molecule has 11 heteroatoms. The van der Waals surface area contributed by atoms with E-state index in [9.17, 15) is 27.9 Å². The maximum Gasteiger partial charge on any atom is 0.471 e. The first-order valence-electron chi connectivity index (χ1n) is 15.7. The topological polar surface area (TPSA) is 91.3 Å². The number of alkyl halides is 3. The average molecular weight is 630 g/mol. The Labute approximate surface area is 262 Å². The number of amides is 2. The third-order valence-electron chi connectivity index (χ3n) is 9.25. The van der Waals surface area contributed by atoms with Crippen LogP contribution in [0.1, 0.15) is 74.5 Å². The van der Waals surface area contributed by atoms with Crippen LogP contribution in [0.25, 0.3) is 0 Å². The fourth-order valence-electron chi connectivity index (χ4n) is 6.76. The van der Waals surface area contributed by atoms with E-state index in [-0.39, 0.29) is 37.7 Å². The van der Waals surface area contributed by atoms with Crippen LogP contribution in [0.5, 0.6) is 0 Å². The standard InChI is InChI=1S/C34H42F3N3O5/c1-3-18-39(27-7-4-5-8-27)20-29-22(2)30(24-12-10-23(21-41)11-13-24)45-32(44-29)25-14-16-26(17-15-25)38-31(42)28-9-6-19-40(28)33(43)34(35,36)37/h3,10-17,22,27-30,32,41H,1,4-9,18-21H2,2H3,(H,38,42). The second-order valence-electron chi connectivity index (χ2n) is 12.3. The molecule has 2 saturated heterocycles. The summed E-state index contributed by atoms with van der Waals surface area (Å²) in [6.45, 7) is 7.42. The Balaban J connectivity index is 1.33. The van der Waals surface area contributed by atoms with E-state index in [1.54, 1.807) is 24.3 Å². The zero-order chi connectivity index (χ0) is 32.1. The molecule has 5 unspecified atom stereocenters. The van der Waals surface area contributed by atoms with Gasteiger partial charge in [0.25, 0.3) is 0 Å². The molecule has 5 atom stereocenters. The number of benzene rings is 2. The molecule has 2 aromatic rings. The van der Waals surface area contributed by atoms with Gasteiger partial charge in [0.2, 0.25) is 5.91 Å². The van der Waals surface area contributed by atoms with Crippen molar-refractivity contribution in [1.29, 1.82) is 0 Å². The second kappa shape index (κ2) is 14.5. The molecule has 45 heavy (non-hydrogen) atoms.